The van der Waals surface area contributed by atoms with Crippen LogP contribution in [0.4, 0.5) is 0 Å². The molecule has 33 heavy (non-hydrogen) atoms. The number of hydrogen-bond acceptors (Lipinski definition) is 5. The highest BCUT2D eigenvalue weighted by Gasteiger charge is 2.12. The SMILES string of the molecule is O=C(OCCOc1ccccc1)c1cccc(OC(=O)c2ccc(-c3ccccc3)cc2)c1. The molecule has 4 aromatic carbocycles. The zero-order valence-electron chi connectivity index (χ0n) is 17.8. The van der Waals surface area contributed by atoms with Gasteiger partial charge in [-0.1, -0.05) is 66.7 Å². The summed E-state index contributed by atoms with van der Waals surface area (Å²) in [6.45, 7) is 0.342. The first-order valence-corrected chi connectivity index (χ1v) is 10.5. The number of hydrogen-bond donors (Lipinski definition) is 0. The third kappa shape index (κ3) is 6.08. The van der Waals surface area contributed by atoms with E-state index in [0.29, 0.717) is 16.9 Å². The van der Waals surface area contributed by atoms with Gasteiger partial charge < -0.3 is 14.2 Å². The Morgan fingerprint density at radius 3 is 1.91 bits per heavy atom. The largest absolute Gasteiger partial charge is 0.490 e. The monoisotopic (exact) mass is 438 g/mol. The first-order chi connectivity index (χ1) is 16.2. The average molecular weight is 438 g/mol. The van der Waals surface area contributed by atoms with Crippen molar-refractivity contribution >= 4 is 11.9 Å². The molecule has 0 atom stereocenters. The van der Waals surface area contributed by atoms with Crippen LogP contribution in [0.15, 0.2) is 109 Å². The summed E-state index contributed by atoms with van der Waals surface area (Å²) in [5.74, 6) is -0.0467. The summed E-state index contributed by atoms with van der Waals surface area (Å²) in [4.78, 5) is 24.9. The van der Waals surface area contributed by atoms with E-state index in [1.807, 2.05) is 72.8 Å². The molecule has 0 saturated heterocycles. The number of benzene rings is 4. The average Bonchev–Trinajstić information content (AvgIpc) is 2.88. The van der Waals surface area contributed by atoms with E-state index in [-0.39, 0.29) is 19.0 Å². The van der Waals surface area contributed by atoms with Gasteiger partial charge in [-0.2, -0.15) is 0 Å². The number of para-hydroxylation sites is 1. The molecule has 5 heteroatoms. The number of carbonyl (C=O) groups is 2. The van der Waals surface area contributed by atoms with E-state index < -0.39 is 11.9 Å². The zero-order valence-corrected chi connectivity index (χ0v) is 17.8. The fourth-order valence-corrected chi connectivity index (χ4v) is 3.18. The van der Waals surface area contributed by atoms with Crippen molar-refractivity contribution in [1.82, 2.24) is 0 Å². The fourth-order valence-electron chi connectivity index (χ4n) is 3.18. The quantitative estimate of drug-likeness (QED) is 0.197. The summed E-state index contributed by atoms with van der Waals surface area (Å²) >= 11 is 0. The highest BCUT2D eigenvalue weighted by atomic mass is 16.6. The van der Waals surface area contributed by atoms with E-state index in [1.165, 1.54) is 6.07 Å². The van der Waals surface area contributed by atoms with E-state index in [2.05, 4.69) is 0 Å². The second-order valence-corrected chi connectivity index (χ2v) is 7.16. The van der Waals surface area contributed by atoms with E-state index in [0.717, 1.165) is 11.1 Å². The molecule has 4 aromatic rings. The Bertz CT molecular complexity index is 1200. The lowest BCUT2D eigenvalue weighted by Gasteiger charge is -2.09. The van der Waals surface area contributed by atoms with Crippen LogP contribution in [0.1, 0.15) is 20.7 Å². The van der Waals surface area contributed by atoms with Crippen LogP contribution in [0.2, 0.25) is 0 Å². The van der Waals surface area contributed by atoms with Crippen molar-refractivity contribution in [1.29, 1.82) is 0 Å². The Morgan fingerprint density at radius 1 is 0.545 bits per heavy atom. The van der Waals surface area contributed by atoms with Gasteiger partial charge in [-0.05, 0) is 53.6 Å². The van der Waals surface area contributed by atoms with Gasteiger partial charge in [0.1, 0.15) is 24.7 Å². The molecule has 0 bridgehead atoms. The minimum atomic E-state index is -0.517. The van der Waals surface area contributed by atoms with Crippen molar-refractivity contribution in [3.8, 4) is 22.6 Å². The zero-order chi connectivity index (χ0) is 22.9. The minimum Gasteiger partial charge on any atom is -0.490 e. The van der Waals surface area contributed by atoms with E-state index in [9.17, 15) is 9.59 Å². The maximum absolute atomic E-state index is 12.5. The molecule has 4 rings (SSSR count). The van der Waals surface area contributed by atoms with Gasteiger partial charge in [0.05, 0.1) is 11.1 Å². The topological polar surface area (TPSA) is 61.8 Å². The van der Waals surface area contributed by atoms with Crippen LogP contribution >= 0.6 is 0 Å². The third-order valence-corrected chi connectivity index (χ3v) is 4.84. The van der Waals surface area contributed by atoms with Crippen LogP contribution in [0, 0.1) is 0 Å². The van der Waals surface area contributed by atoms with Crippen LogP contribution in [-0.4, -0.2) is 25.2 Å². The maximum atomic E-state index is 12.5. The van der Waals surface area contributed by atoms with Gasteiger partial charge in [-0.3, -0.25) is 0 Å². The minimum absolute atomic E-state index is 0.103. The Hall–Kier alpha value is -4.38. The number of ether oxygens (including phenoxy) is 3. The van der Waals surface area contributed by atoms with Crippen molar-refractivity contribution in [3.05, 3.63) is 120 Å². The molecule has 0 heterocycles. The predicted molar refractivity (Wildman–Crippen MR) is 125 cm³/mol. The second kappa shape index (κ2) is 10.8. The fraction of sp³-hybridized carbons (Fsp3) is 0.0714. The number of esters is 2. The molecule has 0 unspecified atom stereocenters. The van der Waals surface area contributed by atoms with Crippen LogP contribution in [0.3, 0.4) is 0 Å². The summed E-state index contributed by atoms with van der Waals surface area (Å²) in [6, 6.07) is 32.7. The number of rotatable bonds is 8. The van der Waals surface area contributed by atoms with Gasteiger partial charge in [0.15, 0.2) is 0 Å². The van der Waals surface area contributed by atoms with Crippen molar-refractivity contribution < 1.29 is 23.8 Å². The Labute approximate surface area is 192 Å². The summed E-state index contributed by atoms with van der Waals surface area (Å²) in [5.41, 5.74) is 2.78. The standard InChI is InChI=1S/C28H22O5/c29-27(32-19-18-31-25-11-5-2-6-12-25)24-10-7-13-26(20-24)33-28(30)23-16-14-22(15-17-23)21-8-3-1-4-9-21/h1-17,20H,18-19H2. The smallest absolute Gasteiger partial charge is 0.343 e. The third-order valence-electron chi connectivity index (χ3n) is 4.84. The molecule has 0 fully saturated rings. The lowest BCUT2D eigenvalue weighted by Crippen LogP contribution is -2.13. The second-order valence-electron chi connectivity index (χ2n) is 7.16. The Kier molecular flexibility index (Phi) is 7.13. The first kappa shape index (κ1) is 21.8. The van der Waals surface area contributed by atoms with Gasteiger partial charge >= 0.3 is 11.9 Å². The summed E-state index contributed by atoms with van der Waals surface area (Å²) in [6.07, 6.45) is 0. The summed E-state index contributed by atoms with van der Waals surface area (Å²) < 4.78 is 16.2. The molecule has 0 aliphatic rings. The van der Waals surface area contributed by atoms with Gasteiger partial charge in [0, 0.05) is 0 Å². The van der Waals surface area contributed by atoms with Crippen LogP contribution < -0.4 is 9.47 Å². The molecule has 0 aromatic heterocycles. The van der Waals surface area contributed by atoms with Crippen molar-refractivity contribution in [2.75, 3.05) is 13.2 Å². The molecule has 5 nitrogen and oxygen atoms in total. The molecule has 0 spiro atoms. The molecule has 164 valence electrons. The number of carbonyl (C=O) groups excluding carboxylic acids is 2. The molecular weight excluding hydrogens is 416 g/mol. The van der Waals surface area contributed by atoms with E-state index >= 15 is 0 Å². The van der Waals surface area contributed by atoms with Gasteiger partial charge in [0.25, 0.3) is 0 Å². The van der Waals surface area contributed by atoms with Gasteiger partial charge in [0.2, 0.25) is 0 Å². The van der Waals surface area contributed by atoms with Crippen molar-refractivity contribution in [3.63, 3.8) is 0 Å². The molecule has 0 aliphatic carbocycles. The lowest BCUT2D eigenvalue weighted by atomic mass is 10.0. The normalized spacial score (nSPS) is 10.3. The van der Waals surface area contributed by atoms with Crippen LogP contribution in [-0.2, 0) is 4.74 Å². The molecule has 0 amide bonds. The van der Waals surface area contributed by atoms with Crippen LogP contribution in [0.5, 0.6) is 11.5 Å². The Morgan fingerprint density at radius 2 is 1.18 bits per heavy atom. The maximum Gasteiger partial charge on any atom is 0.343 e. The highest BCUT2D eigenvalue weighted by Crippen LogP contribution is 2.21. The van der Waals surface area contributed by atoms with Crippen molar-refractivity contribution in [2.24, 2.45) is 0 Å². The Balaban J connectivity index is 1.31. The predicted octanol–water partition coefficient (Wildman–Crippen LogP) is 5.81. The molecule has 0 N–H and O–H groups in total. The summed E-state index contributed by atoms with van der Waals surface area (Å²) in [7, 11) is 0. The van der Waals surface area contributed by atoms with Gasteiger partial charge in [-0.15, -0.1) is 0 Å². The molecule has 0 radical (unpaired) electrons. The first-order valence-electron chi connectivity index (χ1n) is 10.5. The highest BCUT2D eigenvalue weighted by molar-refractivity contribution is 5.93. The van der Waals surface area contributed by atoms with Crippen LogP contribution in [0.25, 0.3) is 11.1 Å². The van der Waals surface area contributed by atoms with E-state index in [4.69, 9.17) is 14.2 Å². The summed E-state index contributed by atoms with van der Waals surface area (Å²) in [5, 5.41) is 0. The van der Waals surface area contributed by atoms with Gasteiger partial charge in [-0.25, -0.2) is 9.59 Å². The van der Waals surface area contributed by atoms with Crippen molar-refractivity contribution in [2.45, 2.75) is 0 Å². The molecule has 0 saturated carbocycles. The molecular formula is C28H22O5. The molecule has 0 aliphatic heterocycles. The lowest BCUT2D eigenvalue weighted by molar-refractivity contribution is 0.0449. The van der Waals surface area contributed by atoms with E-state index in [1.54, 1.807) is 30.3 Å².